The van der Waals surface area contributed by atoms with Gasteiger partial charge in [-0.25, -0.2) is 4.98 Å². The number of fused-ring (bicyclic) bond motifs is 1. The van der Waals surface area contributed by atoms with E-state index in [0.717, 1.165) is 60.0 Å². The summed E-state index contributed by atoms with van der Waals surface area (Å²) in [5.74, 6) is 1.31. The Morgan fingerprint density at radius 2 is 1.65 bits per heavy atom. The Hall–Kier alpha value is -3.65. The van der Waals surface area contributed by atoms with Crippen LogP contribution in [-0.4, -0.2) is 58.3 Å². The van der Waals surface area contributed by atoms with Gasteiger partial charge in [0.05, 0.1) is 11.7 Å². The first-order valence-corrected chi connectivity index (χ1v) is 10.5. The number of piperazine rings is 1. The van der Waals surface area contributed by atoms with Gasteiger partial charge in [0.1, 0.15) is 5.82 Å². The molecule has 1 saturated heterocycles. The van der Waals surface area contributed by atoms with E-state index in [9.17, 15) is 0 Å². The van der Waals surface area contributed by atoms with E-state index in [2.05, 4.69) is 71.9 Å². The van der Waals surface area contributed by atoms with Crippen molar-refractivity contribution < 1.29 is 0 Å². The summed E-state index contributed by atoms with van der Waals surface area (Å²) in [5.41, 5.74) is 5.03. The average Bonchev–Trinajstić information content (AvgIpc) is 3.22. The van der Waals surface area contributed by atoms with Crippen LogP contribution >= 0.6 is 0 Å². The van der Waals surface area contributed by atoms with Crippen LogP contribution in [0.4, 0.5) is 28.8 Å². The minimum Gasteiger partial charge on any atom is -0.369 e. The Balaban J connectivity index is 1.29. The predicted octanol–water partition coefficient (Wildman–Crippen LogP) is 3.90. The maximum absolute atomic E-state index is 4.64. The summed E-state index contributed by atoms with van der Waals surface area (Å²) in [7, 11) is 2.17. The molecule has 1 aliphatic heterocycles. The molecular formula is C23H26N8. The van der Waals surface area contributed by atoms with Crippen LogP contribution in [0.3, 0.4) is 0 Å². The number of nitrogens with zero attached hydrogens (tertiary/aromatic N) is 5. The van der Waals surface area contributed by atoms with Crippen LogP contribution in [0.15, 0.2) is 54.7 Å². The summed E-state index contributed by atoms with van der Waals surface area (Å²) in [5, 5.41) is 14.8. The molecule has 1 aliphatic rings. The summed E-state index contributed by atoms with van der Waals surface area (Å²) in [6.45, 7) is 6.28. The van der Waals surface area contributed by atoms with E-state index >= 15 is 0 Å². The number of hydrogen-bond donors (Lipinski definition) is 3. The molecule has 8 nitrogen and oxygen atoms in total. The number of aromatic nitrogens is 4. The van der Waals surface area contributed by atoms with Crippen LogP contribution in [0, 0.1) is 6.92 Å². The Bertz CT molecular complexity index is 1180. The Kier molecular flexibility index (Phi) is 5.13. The quantitative estimate of drug-likeness (QED) is 0.457. The highest BCUT2D eigenvalue weighted by Gasteiger charge is 2.14. The van der Waals surface area contributed by atoms with E-state index in [0.29, 0.717) is 5.95 Å². The van der Waals surface area contributed by atoms with Crippen molar-refractivity contribution in [2.45, 2.75) is 6.92 Å². The van der Waals surface area contributed by atoms with E-state index in [1.807, 2.05) is 37.4 Å². The molecule has 4 aromatic rings. The lowest BCUT2D eigenvalue weighted by Crippen LogP contribution is -2.44. The van der Waals surface area contributed by atoms with Crippen LogP contribution in [0.1, 0.15) is 5.69 Å². The number of H-pyrrole nitrogens is 1. The molecule has 8 heteroatoms. The average molecular weight is 415 g/mol. The molecule has 2 aromatic carbocycles. The van der Waals surface area contributed by atoms with Crippen LogP contribution in [-0.2, 0) is 0 Å². The summed E-state index contributed by atoms with van der Waals surface area (Å²) < 4.78 is 0. The fourth-order valence-electron chi connectivity index (χ4n) is 3.80. The number of aromatic amines is 1. The second kappa shape index (κ2) is 8.23. The molecule has 0 atom stereocenters. The summed E-state index contributed by atoms with van der Waals surface area (Å²) in [6, 6.07) is 16.5. The van der Waals surface area contributed by atoms with Crippen LogP contribution < -0.4 is 15.5 Å². The number of likely N-dealkylation sites (N-methyl/N-ethyl adjacent to an activating group) is 1. The molecule has 0 spiro atoms. The highest BCUT2D eigenvalue weighted by atomic mass is 15.2. The van der Waals surface area contributed by atoms with Gasteiger partial charge in [0.25, 0.3) is 0 Å². The van der Waals surface area contributed by atoms with Crippen LogP contribution in [0.2, 0.25) is 0 Å². The van der Waals surface area contributed by atoms with Gasteiger partial charge in [0.2, 0.25) is 5.95 Å². The molecular weight excluding hydrogens is 388 g/mol. The zero-order chi connectivity index (χ0) is 21.2. The third-order valence-corrected chi connectivity index (χ3v) is 5.56. The zero-order valence-electron chi connectivity index (χ0n) is 17.8. The highest BCUT2D eigenvalue weighted by Crippen LogP contribution is 2.24. The van der Waals surface area contributed by atoms with Crippen molar-refractivity contribution in [1.29, 1.82) is 0 Å². The van der Waals surface area contributed by atoms with Crippen molar-refractivity contribution in [2.24, 2.45) is 0 Å². The van der Waals surface area contributed by atoms with Crippen molar-refractivity contribution in [1.82, 2.24) is 25.1 Å². The first-order chi connectivity index (χ1) is 15.1. The lowest BCUT2D eigenvalue weighted by Gasteiger charge is -2.34. The molecule has 31 heavy (non-hydrogen) atoms. The number of hydrogen-bond acceptors (Lipinski definition) is 7. The zero-order valence-corrected chi connectivity index (χ0v) is 17.8. The smallest absolute Gasteiger partial charge is 0.229 e. The van der Waals surface area contributed by atoms with Crippen molar-refractivity contribution in [3.05, 3.63) is 60.4 Å². The second-order valence-electron chi connectivity index (χ2n) is 7.98. The lowest BCUT2D eigenvalue weighted by atomic mass is 10.2. The summed E-state index contributed by atoms with van der Waals surface area (Å²) in [6.07, 6.45) is 1.81. The van der Waals surface area contributed by atoms with Crippen LogP contribution in [0.25, 0.3) is 10.9 Å². The number of rotatable bonds is 5. The maximum Gasteiger partial charge on any atom is 0.229 e. The van der Waals surface area contributed by atoms with E-state index in [1.54, 1.807) is 0 Å². The Morgan fingerprint density at radius 3 is 2.45 bits per heavy atom. The second-order valence-corrected chi connectivity index (χ2v) is 7.98. The van der Waals surface area contributed by atoms with Crippen molar-refractivity contribution >= 4 is 39.7 Å². The largest absolute Gasteiger partial charge is 0.369 e. The van der Waals surface area contributed by atoms with Crippen molar-refractivity contribution in [2.75, 3.05) is 48.8 Å². The minimum absolute atomic E-state index is 0.567. The molecule has 0 bridgehead atoms. The van der Waals surface area contributed by atoms with E-state index in [4.69, 9.17) is 0 Å². The molecule has 3 N–H and O–H groups in total. The topological polar surface area (TPSA) is 85.0 Å². The van der Waals surface area contributed by atoms with Gasteiger partial charge < -0.3 is 20.4 Å². The summed E-state index contributed by atoms with van der Waals surface area (Å²) in [4.78, 5) is 14.0. The fourth-order valence-corrected chi connectivity index (χ4v) is 3.80. The molecule has 1 fully saturated rings. The first kappa shape index (κ1) is 19.3. The Morgan fingerprint density at radius 1 is 0.871 bits per heavy atom. The molecule has 0 radical (unpaired) electrons. The lowest BCUT2D eigenvalue weighted by molar-refractivity contribution is 0.313. The maximum atomic E-state index is 4.64. The highest BCUT2D eigenvalue weighted by molar-refractivity contribution is 5.82. The van der Waals surface area contributed by atoms with Gasteiger partial charge in [-0.1, -0.05) is 0 Å². The van der Waals surface area contributed by atoms with Gasteiger partial charge in [-0.15, -0.1) is 0 Å². The third-order valence-electron chi connectivity index (χ3n) is 5.56. The van der Waals surface area contributed by atoms with Gasteiger partial charge >= 0.3 is 0 Å². The van der Waals surface area contributed by atoms with Crippen molar-refractivity contribution in [3.8, 4) is 0 Å². The van der Waals surface area contributed by atoms with E-state index < -0.39 is 0 Å². The van der Waals surface area contributed by atoms with E-state index in [1.165, 1.54) is 5.69 Å². The molecule has 0 unspecified atom stereocenters. The monoisotopic (exact) mass is 414 g/mol. The van der Waals surface area contributed by atoms with Gasteiger partial charge in [-0.3, -0.25) is 5.10 Å². The minimum atomic E-state index is 0.567. The number of benzene rings is 2. The third kappa shape index (κ3) is 4.44. The predicted molar refractivity (Wildman–Crippen MR) is 126 cm³/mol. The fraction of sp³-hybridized carbons (Fsp3) is 0.261. The number of aryl methyl sites for hydroxylation is 1. The molecule has 2 aromatic heterocycles. The van der Waals surface area contributed by atoms with Gasteiger partial charge in [-0.2, -0.15) is 10.1 Å². The summed E-state index contributed by atoms with van der Waals surface area (Å²) >= 11 is 0. The van der Waals surface area contributed by atoms with Gasteiger partial charge in [0, 0.05) is 60.4 Å². The van der Waals surface area contributed by atoms with Crippen LogP contribution in [0.5, 0.6) is 0 Å². The molecule has 5 rings (SSSR count). The van der Waals surface area contributed by atoms with E-state index in [-0.39, 0.29) is 0 Å². The molecule has 0 amide bonds. The Labute approximate surface area is 181 Å². The molecule has 158 valence electrons. The normalized spacial score (nSPS) is 14.7. The van der Waals surface area contributed by atoms with Crippen molar-refractivity contribution in [3.63, 3.8) is 0 Å². The first-order valence-electron chi connectivity index (χ1n) is 10.5. The number of nitrogens with one attached hydrogen (secondary N) is 3. The molecule has 3 heterocycles. The molecule has 0 aliphatic carbocycles. The molecule has 0 saturated carbocycles. The van der Waals surface area contributed by atoms with Gasteiger partial charge in [0.15, 0.2) is 0 Å². The standard InChI is InChI=1S/C23H26N8/c1-16-13-22(26-19-4-3-17-15-24-29-21(17)14-19)28-23(25-16)27-18-5-7-20(8-6-18)31-11-9-30(2)10-12-31/h3-8,13-15H,9-12H2,1-2H3,(H,24,29)(H2,25,26,27,28). The SMILES string of the molecule is Cc1cc(Nc2ccc3cn[nH]c3c2)nc(Nc2ccc(N3CCN(C)CC3)cc2)n1. The van der Waals surface area contributed by atoms with Gasteiger partial charge in [-0.05, 0) is 56.4 Å². The number of anilines is 5.